The molecule has 100 valence electrons. The van der Waals surface area contributed by atoms with Gasteiger partial charge in [-0.25, -0.2) is 0 Å². The fourth-order valence-corrected chi connectivity index (χ4v) is 2.63. The van der Waals surface area contributed by atoms with Crippen molar-refractivity contribution in [2.75, 3.05) is 20.3 Å². The van der Waals surface area contributed by atoms with E-state index in [1.807, 2.05) is 6.07 Å². The van der Waals surface area contributed by atoms with Crippen molar-refractivity contribution in [3.63, 3.8) is 0 Å². The lowest BCUT2D eigenvalue weighted by Gasteiger charge is -2.25. The molecule has 0 aromatic heterocycles. The minimum atomic E-state index is 0.0895. The third-order valence-electron chi connectivity index (χ3n) is 2.86. The highest BCUT2D eigenvalue weighted by Gasteiger charge is 2.20. The van der Waals surface area contributed by atoms with Gasteiger partial charge in [-0.3, -0.25) is 0 Å². The maximum absolute atomic E-state index is 6.04. The van der Waals surface area contributed by atoms with Gasteiger partial charge in [0, 0.05) is 28.6 Å². The number of hydrogen-bond acceptors (Lipinski definition) is 3. The van der Waals surface area contributed by atoms with Crippen molar-refractivity contribution in [3.05, 3.63) is 22.7 Å². The van der Waals surface area contributed by atoms with Crippen molar-refractivity contribution in [2.45, 2.75) is 24.3 Å². The molecular formula is C13H16BrClO3. The van der Waals surface area contributed by atoms with Gasteiger partial charge in [-0.05, 0) is 18.9 Å². The molecule has 1 heterocycles. The van der Waals surface area contributed by atoms with Crippen molar-refractivity contribution in [3.8, 4) is 11.5 Å². The zero-order valence-corrected chi connectivity index (χ0v) is 12.6. The van der Waals surface area contributed by atoms with E-state index in [1.165, 1.54) is 0 Å². The summed E-state index contributed by atoms with van der Waals surface area (Å²) in [5.41, 5.74) is 0.991. The van der Waals surface area contributed by atoms with Crippen molar-refractivity contribution >= 4 is 27.5 Å². The molecule has 0 radical (unpaired) electrons. The zero-order chi connectivity index (χ0) is 13.0. The molecule has 0 bridgehead atoms. The predicted octanol–water partition coefficient (Wildman–Crippen LogP) is 3.80. The number of halogens is 2. The summed E-state index contributed by atoms with van der Waals surface area (Å²) >= 11 is 9.49. The second-order valence-corrected chi connectivity index (χ2v) is 5.18. The molecule has 1 saturated heterocycles. The lowest BCUT2D eigenvalue weighted by atomic mass is 10.1. The van der Waals surface area contributed by atoms with Gasteiger partial charge in [-0.1, -0.05) is 27.5 Å². The van der Waals surface area contributed by atoms with Gasteiger partial charge < -0.3 is 14.2 Å². The molecule has 1 fully saturated rings. The van der Waals surface area contributed by atoms with Gasteiger partial charge in [-0.2, -0.15) is 0 Å². The number of alkyl halides is 1. The van der Waals surface area contributed by atoms with E-state index < -0.39 is 0 Å². The Balaban J connectivity index is 2.23. The van der Waals surface area contributed by atoms with E-state index in [2.05, 4.69) is 15.9 Å². The van der Waals surface area contributed by atoms with E-state index in [-0.39, 0.29) is 6.10 Å². The van der Waals surface area contributed by atoms with Gasteiger partial charge in [0.25, 0.3) is 0 Å². The monoisotopic (exact) mass is 334 g/mol. The summed E-state index contributed by atoms with van der Waals surface area (Å²) in [6.07, 6.45) is 2.13. The molecule has 0 spiro atoms. The van der Waals surface area contributed by atoms with Crippen LogP contribution in [0.2, 0.25) is 5.02 Å². The van der Waals surface area contributed by atoms with Crippen LogP contribution in [0.1, 0.15) is 18.4 Å². The van der Waals surface area contributed by atoms with Crippen LogP contribution in [0.4, 0.5) is 0 Å². The molecule has 18 heavy (non-hydrogen) atoms. The first kappa shape index (κ1) is 14.0. The smallest absolute Gasteiger partial charge is 0.165 e. The Morgan fingerprint density at radius 1 is 1.50 bits per heavy atom. The van der Waals surface area contributed by atoms with Crippen molar-refractivity contribution in [1.82, 2.24) is 0 Å². The minimum absolute atomic E-state index is 0.0895. The van der Waals surface area contributed by atoms with Gasteiger partial charge in [0.1, 0.15) is 6.10 Å². The number of ether oxygens (including phenoxy) is 3. The molecule has 0 N–H and O–H groups in total. The van der Waals surface area contributed by atoms with E-state index in [9.17, 15) is 0 Å². The maximum Gasteiger partial charge on any atom is 0.165 e. The van der Waals surface area contributed by atoms with Crippen LogP contribution in [-0.2, 0) is 10.1 Å². The molecule has 5 heteroatoms. The van der Waals surface area contributed by atoms with Gasteiger partial charge in [0.15, 0.2) is 11.5 Å². The molecule has 1 atom stereocenters. The molecule has 0 saturated carbocycles. The highest BCUT2D eigenvalue weighted by atomic mass is 79.9. The molecule has 1 aromatic rings. The average Bonchev–Trinajstić information content (AvgIpc) is 2.41. The molecule has 0 amide bonds. The summed E-state index contributed by atoms with van der Waals surface area (Å²) in [5.74, 6) is 1.43. The Morgan fingerprint density at radius 3 is 2.94 bits per heavy atom. The van der Waals surface area contributed by atoms with E-state index in [0.717, 1.165) is 30.8 Å². The Hall–Kier alpha value is -0.450. The topological polar surface area (TPSA) is 27.7 Å². The first-order valence-electron chi connectivity index (χ1n) is 5.91. The average molecular weight is 336 g/mol. The number of benzene rings is 1. The standard InChI is InChI=1S/C13H16BrClO3/c1-16-12-6-10(15)5-9(7-14)13(12)18-11-3-2-4-17-8-11/h5-6,11H,2-4,7-8H2,1H3. The summed E-state index contributed by atoms with van der Waals surface area (Å²) in [4.78, 5) is 0. The predicted molar refractivity (Wildman–Crippen MR) is 75.1 cm³/mol. The molecule has 1 aromatic carbocycles. The minimum Gasteiger partial charge on any atom is -0.493 e. The Labute approximate surface area is 120 Å². The van der Waals surface area contributed by atoms with Crippen LogP contribution in [0.15, 0.2) is 12.1 Å². The van der Waals surface area contributed by atoms with Gasteiger partial charge in [0.05, 0.1) is 13.7 Å². The van der Waals surface area contributed by atoms with Crippen LogP contribution >= 0.6 is 27.5 Å². The molecule has 1 aliphatic heterocycles. The first-order chi connectivity index (χ1) is 8.74. The van der Waals surface area contributed by atoms with Crippen LogP contribution in [0.25, 0.3) is 0 Å². The van der Waals surface area contributed by atoms with Gasteiger partial charge >= 0.3 is 0 Å². The van der Waals surface area contributed by atoms with Gasteiger partial charge in [0.2, 0.25) is 0 Å². The lowest BCUT2D eigenvalue weighted by molar-refractivity contribution is 0.00614. The van der Waals surface area contributed by atoms with Crippen molar-refractivity contribution in [2.24, 2.45) is 0 Å². The molecular weight excluding hydrogens is 319 g/mol. The third kappa shape index (κ3) is 3.31. The number of rotatable bonds is 4. The summed E-state index contributed by atoms with van der Waals surface area (Å²) < 4.78 is 16.8. The number of hydrogen-bond donors (Lipinski definition) is 0. The third-order valence-corrected chi connectivity index (χ3v) is 3.69. The first-order valence-corrected chi connectivity index (χ1v) is 7.41. The normalized spacial score (nSPS) is 19.6. The molecule has 2 rings (SSSR count). The Bertz CT molecular complexity index is 380. The van der Waals surface area contributed by atoms with E-state index in [4.69, 9.17) is 25.8 Å². The molecule has 1 unspecified atom stereocenters. The van der Waals surface area contributed by atoms with Crippen LogP contribution in [0.5, 0.6) is 11.5 Å². The van der Waals surface area contributed by atoms with Crippen LogP contribution in [0.3, 0.4) is 0 Å². The quantitative estimate of drug-likeness (QED) is 0.783. The fourth-order valence-electron chi connectivity index (χ4n) is 1.98. The van der Waals surface area contributed by atoms with E-state index in [0.29, 0.717) is 22.7 Å². The lowest BCUT2D eigenvalue weighted by Crippen LogP contribution is -2.28. The van der Waals surface area contributed by atoms with Crippen LogP contribution < -0.4 is 9.47 Å². The Kier molecular flexibility index (Phi) is 5.15. The summed E-state index contributed by atoms with van der Waals surface area (Å²) in [7, 11) is 1.62. The molecule has 0 aliphatic carbocycles. The summed E-state index contributed by atoms with van der Waals surface area (Å²) in [6.45, 7) is 1.45. The fraction of sp³-hybridized carbons (Fsp3) is 0.538. The maximum atomic E-state index is 6.04. The van der Waals surface area contributed by atoms with Gasteiger partial charge in [-0.15, -0.1) is 0 Å². The second kappa shape index (κ2) is 6.64. The second-order valence-electron chi connectivity index (χ2n) is 4.19. The highest BCUT2D eigenvalue weighted by molar-refractivity contribution is 9.08. The van der Waals surface area contributed by atoms with E-state index in [1.54, 1.807) is 13.2 Å². The van der Waals surface area contributed by atoms with Crippen LogP contribution in [0, 0.1) is 0 Å². The molecule has 3 nitrogen and oxygen atoms in total. The van der Waals surface area contributed by atoms with E-state index >= 15 is 0 Å². The molecule has 1 aliphatic rings. The highest BCUT2D eigenvalue weighted by Crippen LogP contribution is 2.37. The van der Waals surface area contributed by atoms with Crippen molar-refractivity contribution < 1.29 is 14.2 Å². The largest absolute Gasteiger partial charge is 0.493 e. The zero-order valence-electron chi connectivity index (χ0n) is 10.2. The van der Waals surface area contributed by atoms with Crippen molar-refractivity contribution in [1.29, 1.82) is 0 Å². The summed E-state index contributed by atoms with van der Waals surface area (Å²) in [6, 6.07) is 3.66. The van der Waals surface area contributed by atoms with Crippen LogP contribution in [-0.4, -0.2) is 26.4 Å². The number of methoxy groups -OCH3 is 1. The Morgan fingerprint density at radius 2 is 2.33 bits per heavy atom. The summed E-state index contributed by atoms with van der Waals surface area (Å²) in [5, 5.41) is 1.32. The SMILES string of the molecule is COc1cc(Cl)cc(CBr)c1OC1CCCOC1.